The second-order valence-electron chi connectivity index (χ2n) is 4.16. The molecule has 2 heterocycles. The summed E-state index contributed by atoms with van der Waals surface area (Å²) in [5.41, 5.74) is 5.02. The standard InChI is InChI=1S/C14H12ClN3/c1-10-5-2-3-6-11(10)13-12(9-15)14-16-7-4-8-18(14)17-13/h2-8H,9H2,1H3. The Morgan fingerprint density at radius 2 is 2.06 bits per heavy atom. The van der Waals surface area contributed by atoms with Crippen molar-refractivity contribution in [3.05, 3.63) is 53.9 Å². The van der Waals surface area contributed by atoms with E-state index in [9.17, 15) is 0 Å². The first kappa shape index (κ1) is 11.2. The van der Waals surface area contributed by atoms with Crippen LogP contribution in [0.15, 0.2) is 42.7 Å². The molecule has 3 nitrogen and oxygen atoms in total. The minimum Gasteiger partial charge on any atom is -0.237 e. The third-order valence-electron chi connectivity index (χ3n) is 3.02. The van der Waals surface area contributed by atoms with Crippen LogP contribution < -0.4 is 0 Å². The van der Waals surface area contributed by atoms with E-state index >= 15 is 0 Å². The van der Waals surface area contributed by atoms with Gasteiger partial charge in [0.1, 0.15) is 0 Å². The van der Waals surface area contributed by atoms with E-state index in [1.807, 2.05) is 24.4 Å². The molecular weight excluding hydrogens is 246 g/mol. The summed E-state index contributed by atoms with van der Waals surface area (Å²) in [7, 11) is 0. The summed E-state index contributed by atoms with van der Waals surface area (Å²) in [6.07, 6.45) is 3.65. The summed E-state index contributed by atoms with van der Waals surface area (Å²) in [6.45, 7) is 2.07. The SMILES string of the molecule is Cc1ccccc1-c1nn2cccnc2c1CCl. The van der Waals surface area contributed by atoms with Gasteiger partial charge in [-0.2, -0.15) is 5.10 Å². The molecule has 0 aliphatic carbocycles. The molecule has 18 heavy (non-hydrogen) atoms. The Labute approximate surface area is 110 Å². The quantitative estimate of drug-likeness (QED) is 0.659. The highest BCUT2D eigenvalue weighted by atomic mass is 35.5. The largest absolute Gasteiger partial charge is 0.237 e. The monoisotopic (exact) mass is 257 g/mol. The third-order valence-corrected chi connectivity index (χ3v) is 3.29. The molecule has 0 fully saturated rings. The minimum absolute atomic E-state index is 0.407. The van der Waals surface area contributed by atoms with E-state index in [1.165, 1.54) is 5.56 Å². The maximum Gasteiger partial charge on any atom is 0.159 e. The number of aromatic nitrogens is 3. The predicted molar refractivity (Wildman–Crippen MR) is 72.7 cm³/mol. The van der Waals surface area contributed by atoms with Gasteiger partial charge in [0.25, 0.3) is 0 Å². The van der Waals surface area contributed by atoms with Crippen LogP contribution in [0.4, 0.5) is 0 Å². The van der Waals surface area contributed by atoms with E-state index in [2.05, 4.69) is 29.1 Å². The van der Waals surface area contributed by atoms with Crippen LogP contribution in [0.1, 0.15) is 11.1 Å². The molecule has 0 unspecified atom stereocenters. The molecule has 0 amide bonds. The Balaban J connectivity index is 2.32. The van der Waals surface area contributed by atoms with Crippen LogP contribution in [0.25, 0.3) is 16.9 Å². The average Bonchev–Trinajstić information content (AvgIpc) is 2.77. The Kier molecular flexibility index (Phi) is 2.76. The molecular formula is C14H12ClN3. The molecule has 0 bridgehead atoms. The molecule has 3 aromatic rings. The maximum absolute atomic E-state index is 6.06. The zero-order valence-corrected chi connectivity index (χ0v) is 10.7. The van der Waals surface area contributed by atoms with E-state index in [4.69, 9.17) is 11.6 Å². The molecule has 0 aliphatic heterocycles. The molecule has 0 saturated heterocycles. The summed E-state index contributed by atoms with van der Waals surface area (Å²) in [4.78, 5) is 4.34. The minimum atomic E-state index is 0.407. The van der Waals surface area contributed by atoms with Gasteiger partial charge in [0, 0.05) is 23.5 Å². The number of alkyl halides is 1. The van der Waals surface area contributed by atoms with Crippen molar-refractivity contribution in [2.24, 2.45) is 0 Å². The number of fused-ring (bicyclic) bond motifs is 1. The number of hydrogen-bond donors (Lipinski definition) is 0. The van der Waals surface area contributed by atoms with Crippen LogP contribution in [-0.2, 0) is 5.88 Å². The van der Waals surface area contributed by atoms with Crippen molar-refractivity contribution in [3.63, 3.8) is 0 Å². The highest BCUT2D eigenvalue weighted by Crippen LogP contribution is 2.28. The number of aryl methyl sites for hydroxylation is 1. The van der Waals surface area contributed by atoms with E-state index < -0.39 is 0 Å². The second-order valence-corrected chi connectivity index (χ2v) is 4.43. The van der Waals surface area contributed by atoms with Crippen LogP contribution in [-0.4, -0.2) is 14.6 Å². The fourth-order valence-corrected chi connectivity index (χ4v) is 2.36. The molecule has 0 atom stereocenters. The van der Waals surface area contributed by atoms with E-state index in [0.717, 1.165) is 22.5 Å². The molecule has 2 aromatic heterocycles. The van der Waals surface area contributed by atoms with Crippen LogP contribution >= 0.6 is 11.6 Å². The third kappa shape index (κ3) is 1.68. The topological polar surface area (TPSA) is 30.2 Å². The lowest BCUT2D eigenvalue weighted by atomic mass is 10.0. The van der Waals surface area contributed by atoms with Crippen molar-refractivity contribution in [2.45, 2.75) is 12.8 Å². The second kappa shape index (κ2) is 4.42. The highest BCUT2D eigenvalue weighted by molar-refractivity contribution is 6.18. The van der Waals surface area contributed by atoms with E-state index in [0.29, 0.717) is 5.88 Å². The molecule has 0 saturated carbocycles. The average molecular weight is 258 g/mol. The van der Waals surface area contributed by atoms with Gasteiger partial charge in [-0.05, 0) is 18.6 Å². The smallest absolute Gasteiger partial charge is 0.159 e. The number of rotatable bonds is 2. The summed E-state index contributed by atoms with van der Waals surface area (Å²) in [5.74, 6) is 0.407. The first-order chi connectivity index (χ1) is 8.81. The van der Waals surface area contributed by atoms with E-state index in [1.54, 1.807) is 10.7 Å². The molecule has 3 rings (SSSR count). The Hall–Kier alpha value is -1.87. The number of halogens is 1. The summed E-state index contributed by atoms with van der Waals surface area (Å²) >= 11 is 6.06. The fourth-order valence-electron chi connectivity index (χ4n) is 2.11. The van der Waals surface area contributed by atoms with Crippen molar-refractivity contribution in [1.29, 1.82) is 0 Å². The molecule has 0 spiro atoms. The first-order valence-electron chi connectivity index (χ1n) is 5.75. The molecule has 0 radical (unpaired) electrons. The van der Waals surface area contributed by atoms with Gasteiger partial charge in [0.2, 0.25) is 0 Å². The van der Waals surface area contributed by atoms with Crippen LogP contribution in [0, 0.1) is 6.92 Å². The number of benzene rings is 1. The highest BCUT2D eigenvalue weighted by Gasteiger charge is 2.15. The summed E-state index contributed by atoms with van der Waals surface area (Å²) < 4.78 is 1.78. The van der Waals surface area contributed by atoms with Crippen LogP contribution in [0.3, 0.4) is 0 Å². The Bertz CT molecular complexity index is 703. The molecule has 4 heteroatoms. The van der Waals surface area contributed by atoms with Gasteiger partial charge in [-0.1, -0.05) is 24.3 Å². The summed E-state index contributed by atoms with van der Waals surface area (Å²) in [6, 6.07) is 10.0. The van der Waals surface area contributed by atoms with Gasteiger partial charge in [-0.25, -0.2) is 9.50 Å². The fraction of sp³-hybridized carbons (Fsp3) is 0.143. The van der Waals surface area contributed by atoms with Gasteiger partial charge in [0.05, 0.1) is 11.6 Å². The normalized spacial score (nSPS) is 11.0. The van der Waals surface area contributed by atoms with Crippen LogP contribution in [0.2, 0.25) is 0 Å². The molecule has 0 aliphatic rings. The van der Waals surface area contributed by atoms with Crippen molar-refractivity contribution >= 4 is 17.2 Å². The van der Waals surface area contributed by atoms with Crippen LogP contribution in [0.5, 0.6) is 0 Å². The van der Waals surface area contributed by atoms with Crippen molar-refractivity contribution in [3.8, 4) is 11.3 Å². The zero-order chi connectivity index (χ0) is 12.5. The molecule has 0 N–H and O–H groups in total. The van der Waals surface area contributed by atoms with E-state index in [-0.39, 0.29) is 0 Å². The van der Waals surface area contributed by atoms with Crippen molar-refractivity contribution in [2.75, 3.05) is 0 Å². The van der Waals surface area contributed by atoms with Gasteiger partial charge in [-0.15, -0.1) is 11.6 Å². The lowest BCUT2D eigenvalue weighted by Gasteiger charge is -2.03. The van der Waals surface area contributed by atoms with Gasteiger partial charge in [0.15, 0.2) is 5.65 Å². The molecule has 90 valence electrons. The first-order valence-corrected chi connectivity index (χ1v) is 6.29. The van der Waals surface area contributed by atoms with Crippen molar-refractivity contribution < 1.29 is 0 Å². The Morgan fingerprint density at radius 3 is 2.83 bits per heavy atom. The summed E-state index contributed by atoms with van der Waals surface area (Å²) in [5, 5.41) is 4.58. The van der Waals surface area contributed by atoms with Crippen molar-refractivity contribution in [1.82, 2.24) is 14.6 Å². The number of nitrogens with zero attached hydrogens (tertiary/aromatic N) is 3. The molecule has 1 aromatic carbocycles. The van der Waals surface area contributed by atoms with Gasteiger partial charge in [-0.3, -0.25) is 0 Å². The zero-order valence-electron chi connectivity index (χ0n) is 9.97. The lowest BCUT2D eigenvalue weighted by molar-refractivity contribution is 0.942. The predicted octanol–water partition coefficient (Wildman–Crippen LogP) is 3.44. The maximum atomic E-state index is 6.06. The van der Waals surface area contributed by atoms with Gasteiger partial charge < -0.3 is 0 Å². The van der Waals surface area contributed by atoms with Gasteiger partial charge >= 0.3 is 0 Å². The number of hydrogen-bond acceptors (Lipinski definition) is 2. The Morgan fingerprint density at radius 1 is 1.22 bits per heavy atom. The lowest BCUT2D eigenvalue weighted by Crippen LogP contribution is -1.88.